The first-order valence-electron chi connectivity index (χ1n) is 7.73. The van der Waals surface area contributed by atoms with Gasteiger partial charge in [-0.3, -0.25) is 4.79 Å². The molecule has 1 saturated carbocycles. The molecule has 2 aliphatic rings. The number of nitrogens with zero attached hydrogens (tertiary/aromatic N) is 1. The molecule has 0 saturated heterocycles. The molecular formula is C17H21NO4. The minimum Gasteiger partial charge on any atom is -0.491 e. The van der Waals surface area contributed by atoms with Crippen LogP contribution in [0, 0.1) is 5.41 Å². The molecule has 5 nitrogen and oxygen atoms in total. The number of hydrogen-bond acceptors (Lipinski definition) is 3. The summed E-state index contributed by atoms with van der Waals surface area (Å²) < 4.78 is 5.71. The molecule has 1 aliphatic heterocycles. The summed E-state index contributed by atoms with van der Waals surface area (Å²) in [4.78, 5) is 25.9. The number of carbonyl (C=O) groups excluding carboxylic acids is 1. The molecule has 1 atom stereocenters. The maximum absolute atomic E-state index is 12.8. The zero-order chi connectivity index (χ0) is 15.9. The van der Waals surface area contributed by atoms with Gasteiger partial charge in [0.2, 0.25) is 5.91 Å². The number of carboxylic acids is 1. The lowest BCUT2D eigenvalue weighted by Crippen LogP contribution is -2.47. The van der Waals surface area contributed by atoms with Crippen molar-refractivity contribution in [3.8, 4) is 5.75 Å². The molecule has 0 radical (unpaired) electrons. The SMILES string of the molecule is CC1c2cc(C(=O)O)ccc2OCCN1C(=O)C1(C)CCC1. The van der Waals surface area contributed by atoms with E-state index in [1.165, 1.54) is 0 Å². The molecule has 5 heteroatoms. The van der Waals surface area contributed by atoms with Crippen molar-refractivity contribution >= 4 is 11.9 Å². The van der Waals surface area contributed by atoms with Crippen LogP contribution in [0.2, 0.25) is 0 Å². The highest BCUT2D eigenvalue weighted by Gasteiger charge is 2.43. The van der Waals surface area contributed by atoms with Crippen molar-refractivity contribution in [2.75, 3.05) is 13.2 Å². The first-order chi connectivity index (χ1) is 10.4. The first kappa shape index (κ1) is 14.9. The highest BCUT2D eigenvalue weighted by molar-refractivity contribution is 5.88. The minimum absolute atomic E-state index is 0.156. The fourth-order valence-corrected chi connectivity index (χ4v) is 3.30. The molecule has 1 aromatic rings. The van der Waals surface area contributed by atoms with Crippen molar-refractivity contribution < 1.29 is 19.4 Å². The van der Waals surface area contributed by atoms with E-state index in [0.717, 1.165) is 24.8 Å². The van der Waals surface area contributed by atoms with Crippen LogP contribution in [0.15, 0.2) is 18.2 Å². The Morgan fingerprint density at radius 2 is 2.09 bits per heavy atom. The van der Waals surface area contributed by atoms with Crippen LogP contribution in [0.3, 0.4) is 0 Å². The van der Waals surface area contributed by atoms with E-state index in [1.807, 2.05) is 18.7 Å². The Morgan fingerprint density at radius 3 is 2.68 bits per heavy atom. The second kappa shape index (κ2) is 5.30. The Morgan fingerprint density at radius 1 is 1.36 bits per heavy atom. The molecule has 118 valence electrons. The summed E-state index contributed by atoms with van der Waals surface area (Å²) in [6.45, 7) is 4.93. The Bertz CT molecular complexity index is 621. The highest BCUT2D eigenvalue weighted by atomic mass is 16.5. The van der Waals surface area contributed by atoms with E-state index in [9.17, 15) is 14.7 Å². The van der Waals surface area contributed by atoms with Crippen LogP contribution >= 0.6 is 0 Å². The Hall–Kier alpha value is -2.04. The van der Waals surface area contributed by atoms with Crippen molar-refractivity contribution in [2.45, 2.75) is 39.2 Å². The van der Waals surface area contributed by atoms with E-state index in [2.05, 4.69) is 0 Å². The van der Waals surface area contributed by atoms with E-state index in [4.69, 9.17) is 4.74 Å². The predicted molar refractivity (Wildman–Crippen MR) is 81.0 cm³/mol. The summed E-state index contributed by atoms with van der Waals surface area (Å²) in [5.74, 6) is -0.141. The van der Waals surface area contributed by atoms with Crippen molar-refractivity contribution in [3.05, 3.63) is 29.3 Å². The molecule has 1 amide bonds. The number of aromatic carboxylic acids is 1. The third-order valence-electron chi connectivity index (χ3n) is 5.00. The predicted octanol–water partition coefficient (Wildman–Crippen LogP) is 2.86. The largest absolute Gasteiger partial charge is 0.491 e. The summed E-state index contributed by atoms with van der Waals surface area (Å²) in [5, 5.41) is 9.17. The average Bonchev–Trinajstić information content (AvgIpc) is 2.63. The fraction of sp³-hybridized carbons (Fsp3) is 0.529. The Kier molecular flexibility index (Phi) is 3.59. The average molecular weight is 303 g/mol. The van der Waals surface area contributed by atoms with Gasteiger partial charge < -0.3 is 14.7 Å². The van der Waals surface area contributed by atoms with Crippen molar-refractivity contribution in [1.82, 2.24) is 4.90 Å². The summed E-state index contributed by atoms with van der Waals surface area (Å²) in [6, 6.07) is 4.67. The number of carboxylic acid groups (broad SMARTS) is 1. The topological polar surface area (TPSA) is 66.8 Å². The molecule has 1 unspecified atom stereocenters. The van der Waals surface area contributed by atoms with E-state index in [1.54, 1.807) is 18.2 Å². The van der Waals surface area contributed by atoms with Gasteiger partial charge in [-0.15, -0.1) is 0 Å². The second-order valence-corrected chi connectivity index (χ2v) is 6.49. The molecule has 3 rings (SSSR count). The van der Waals surface area contributed by atoms with Crippen molar-refractivity contribution in [1.29, 1.82) is 0 Å². The molecule has 0 bridgehead atoms. The number of hydrogen-bond donors (Lipinski definition) is 1. The summed E-state index contributed by atoms with van der Waals surface area (Å²) in [6.07, 6.45) is 2.95. The van der Waals surface area contributed by atoms with Gasteiger partial charge in [0.15, 0.2) is 0 Å². The lowest BCUT2D eigenvalue weighted by Gasteiger charge is -2.42. The molecule has 1 N–H and O–H groups in total. The molecular weight excluding hydrogens is 282 g/mol. The van der Waals surface area contributed by atoms with Gasteiger partial charge in [0.1, 0.15) is 12.4 Å². The van der Waals surface area contributed by atoms with Crippen LogP contribution in [0.25, 0.3) is 0 Å². The van der Waals surface area contributed by atoms with Gasteiger partial charge in [0.05, 0.1) is 18.2 Å². The van der Waals surface area contributed by atoms with Gasteiger partial charge in [-0.05, 0) is 38.0 Å². The molecule has 1 heterocycles. The molecule has 22 heavy (non-hydrogen) atoms. The first-order valence-corrected chi connectivity index (χ1v) is 7.73. The smallest absolute Gasteiger partial charge is 0.335 e. The third kappa shape index (κ3) is 2.34. The van der Waals surface area contributed by atoms with E-state index >= 15 is 0 Å². The number of rotatable bonds is 2. The number of ether oxygens (including phenoxy) is 1. The van der Waals surface area contributed by atoms with Crippen LogP contribution < -0.4 is 4.74 Å². The van der Waals surface area contributed by atoms with Crippen LogP contribution in [-0.4, -0.2) is 35.0 Å². The number of carbonyl (C=O) groups is 2. The number of fused-ring (bicyclic) bond motifs is 1. The van der Waals surface area contributed by atoms with Crippen LogP contribution in [0.1, 0.15) is 55.1 Å². The molecule has 0 aromatic heterocycles. The van der Waals surface area contributed by atoms with Gasteiger partial charge in [-0.25, -0.2) is 4.79 Å². The van der Waals surface area contributed by atoms with Gasteiger partial charge in [-0.2, -0.15) is 0 Å². The maximum Gasteiger partial charge on any atom is 0.335 e. The lowest BCUT2D eigenvalue weighted by atomic mass is 9.69. The number of benzene rings is 1. The third-order valence-corrected chi connectivity index (χ3v) is 5.00. The second-order valence-electron chi connectivity index (χ2n) is 6.49. The zero-order valence-corrected chi connectivity index (χ0v) is 13.0. The molecule has 1 fully saturated rings. The van der Waals surface area contributed by atoms with E-state index in [-0.39, 0.29) is 22.9 Å². The van der Waals surface area contributed by atoms with Crippen LogP contribution in [0.4, 0.5) is 0 Å². The molecule has 0 spiro atoms. The van der Waals surface area contributed by atoms with Gasteiger partial charge in [-0.1, -0.05) is 13.3 Å². The van der Waals surface area contributed by atoms with Gasteiger partial charge >= 0.3 is 5.97 Å². The number of amides is 1. The maximum atomic E-state index is 12.8. The van der Waals surface area contributed by atoms with Crippen LogP contribution in [-0.2, 0) is 4.79 Å². The van der Waals surface area contributed by atoms with Crippen LogP contribution in [0.5, 0.6) is 5.75 Å². The van der Waals surface area contributed by atoms with Gasteiger partial charge in [0, 0.05) is 11.0 Å². The zero-order valence-electron chi connectivity index (χ0n) is 13.0. The Labute approximate surface area is 129 Å². The van der Waals surface area contributed by atoms with Crippen molar-refractivity contribution in [3.63, 3.8) is 0 Å². The monoisotopic (exact) mass is 303 g/mol. The summed E-state index contributed by atoms with van der Waals surface area (Å²) in [5.41, 5.74) is 0.732. The lowest BCUT2D eigenvalue weighted by molar-refractivity contribution is -0.148. The fourth-order valence-electron chi connectivity index (χ4n) is 3.30. The molecule has 1 aromatic carbocycles. The van der Waals surface area contributed by atoms with Crippen molar-refractivity contribution in [2.24, 2.45) is 5.41 Å². The van der Waals surface area contributed by atoms with E-state index in [0.29, 0.717) is 18.9 Å². The minimum atomic E-state index is -0.969. The summed E-state index contributed by atoms with van der Waals surface area (Å²) in [7, 11) is 0. The Balaban J connectivity index is 1.94. The van der Waals surface area contributed by atoms with E-state index < -0.39 is 5.97 Å². The standard InChI is InChI=1S/C17H21NO4/c1-11-13-10-12(15(19)20)4-5-14(13)22-9-8-18(11)16(21)17(2)6-3-7-17/h4-5,10-11H,3,6-9H2,1-2H3,(H,19,20). The summed E-state index contributed by atoms with van der Waals surface area (Å²) >= 11 is 0. The normalized spacial score (nSPS) is 22.8. The highest BCUT2D eigenvalue weighted by Crippen LogP contribution is 2.44. The molecule has 1 aliphatic carbocycles. The quantitative estimate of drug-likeness (QED) is 0.912. The van der Waals surface area contributed by atoms with Gasteiger partial charge in [0.25, 0.3) is 0 Å².